The van der Waals surface area contributed by atoms with Crippen molar-refractivity contribution in [3.63, 3.8) is 0 Å². The van der Waals surface area contributed by atoms with Crippen molar-refractivity contribution in [2.24, 2.45) is 0 Å². The number of hydrogen-bond acceptors (Lipinski definition) is 4. The van der Waals surface area contributed by atoms with Crippen molar-refractivity contribution in [1.82, 2.24) is 19.8 Å². The molecule has 1 N–H and O–H groups in total. The average molecular weight is 489 g/mol. The molecule has 33 heavy (non-hydrogen) atoms. The van der Waals surface area contributed by atoms with E-state index < -0.39 is 9.84 Å². The van der Waals surface area contributed by atoms with Gasteiger partial charge in [0.05, 0.1) is 24.2 Å². The number of rotatable bonds is 9. The zero-order valence-corrected chi connectivity index (χ0v) is 21.6. The van der Waals surface area contributed by atoms with Gasteiger partial charge >= 0.3 is 0 Å². The van der Waals surface area contributed by atoms with Crippen LogP contribution in [0.4, 0.5) is 0 Å². The van der Waals surface area contributed by atoms with Gasteiger partial charge in [0, 0.05) is 18.6 Å². The molecule has 1 aromatic carbocycles. The first kappa shape index (κ1) is 25.4. The standard InChI is InChI=1S/C25H36N4O2S2/c1-5-14-28(24(32)27-19(2)3)17-23-16-26-25(29(23)22-12-7-6-8-13-22)33(30,31)18-21-11-9-10-20(4)15-21/h5,9-11,15-16,19,22H,1,6-8,12-14,17-18H2,2-4H3,(H,27,32). The van der Waals surface area contributed by atoms with Gasteiger partial charge in [0.15, 0.2) is 5.11 Å². The number of imidazole rings is 1. The highest BCUT2D eigenvalue weighted by Crippen LogP contribution is 2.33. The molecule has 2 aromatic rings. The van der Waals surface area contributed by atoms with Crippen LogP contribution in [-0.4, -0.2) is 40.6 Å². The van der Waals surface area contributed by atoms with Crippen LogP contribution in [0.25, 0.3) is 0 Å². The van der Waals surface area contributed by atoms with Gasteiger partial charge in [-0.1, -0.05) is 55.2 Å². The highest BCUT2D eigenvalue weighted by atomic mass is 32.2. The van der Waals surface area contributed by atoms with Crippen molar-refractivity contribution in [2.45, 2.75) is 82.4 Å². The summed E-state index contributed by atoms with van der Waals surface area (Å²) in [7, 11) is -3.61. The molecule has 180 valence electrons. The van der Waals surface area contributed by atoms with Crippen LogP contribution in [0.15, 0.2) is 48.3 Å². The van der Waals surface area contributed by atoms with Crippen LogP contribution in [0.1, 0.15) is 68.8 Å². The second kappa shape index (κ2) is 11.3. The Morgan fingerprint density at radius 2 is 2.06 bits per heavy atom. The van der Waals surface area contributed by atoms with Crippen molar-refractivity contribution in [3.05, 3.63) is 59.9 Å². The number of hydrogen-bond donors (Lipinski definition) is 1. The van der Waals surface area contributed by atoms with Crippen LogP contribution in [0, 0.1) is 6.92 Å². The molecule has 1 aliphatic rings. The van der Waals surface area contributed by atoms with E-state index in [9.17, 15) is 8.42 Å². The minimum atomic E-state index is -3.61. The van der Waals surface area contributed by atoms with Gasteiger partial charge in [0.25, 0.3) is 0 Å². The van der Waals surface area contributed by atoms with E-state index in [-0.39, 0.29) is 23.0 Å². The van der Waals surface area contributed by atoms with Gasteiger partial charge < -0.3 is 14.8 Å². The Balaban J connectivity index is 1.97. The summed E-state index contributed by atoms with van der Waals surface area (Å²) in [5.41, 5.74) is 2.70. The van der Waals surface area contributed by atoms with E-state index in [4.69, 9.17) is 12.2 Å². The van der Waals surface area contributed by atoms with Crippen molar-refractivity contribution < 1.29 is 8.42 Å². The Hall–Kier alpha value is -2.19. The summed E-state index contributed by atoms with van der Waals surface area (Å²) in [5, 5.41) is 4.09. The molecule has 0 saturated heterocycles. The number of aromatic nitrogens is 2. The number of benzene rings is 1. The van der Waals surface area contributed by atoms with Crippen LogP contribution in [-0.2, 0) is 22.1 Å². The lowest BCUT2D eigenvalue weighted by Gasteiger charge is -2.30. The maximum Gasteiger partial charge on any atom is 0.228 e. The molecule has 0 bridgehead atoms. The molecule has 1 aromatic heterocycles. The van der Waals surface area contributed by atoms with Gasteiger partial charge in [0.2, 0.25) is 15.0 Å². The number of aryl methyl sites for hydroxylation is 1. The van der Waals surface area contributed by atoms with Crippen LogP contribution >= 0.6 is 12.2 Å². The third-order valence-electron chi connectivity index (χ3n) is 5.90. The van der Waals surface area contributed by atoms with E-state index >= 15 is 0 Å². The zero-order chi connectivity index (χ0) is 24.0. The van der Waals surface area contributed by atoms with Crippen molar-refractivity contribution in [3.8, 4) is 0 Å². The first-order valence-electron chi connectivity index (χ1n) is 11.7. The second-order valence-corrected chi connectivity index (χ2v) is 11.5. The first-order chi connectivity index (χ1) is 15.7. The van der Waals surface area contributed by atoms with Crippen LogP contribution < -0.4 is 5.32 Å². The monoisotopic (exact) mass is 488 g/mol. The molecule has 1 heterocycles. The fourth-order valence-electron chi connectivity index (χ4n) is 4.45. The molecule has 1 aliphatic carbocycles. The van der Waals surface area contributed by atoms with Gasteiger partial charge in [-0.15, -0.1) is 6.58 Å². The fraction of sp³-hybridized carbons (Fsp3) is 0.520. The zero-order valence-electron chi connectivity index (χ0n) is 20.0. The highest BCUT2D eigenvalue weighted by Gasteiger charge is 2.29. The van der Waals surface area contributed by atoms with E-state index in [0.717, 1.165) is 42.5 Å². The molecular formula is C25H36N4O2S2. The molecule has 1 saturated carbocycles. The van der Waals surface area contributed by atoms with Gasteiger partial charge in [-0.2, -0.15) is 0 Å². The largest absolute Gasteiger partial charge is 0.360 e. The third kappa shape index (κ3) is 6.67. The van der Waals surface area contributed by atoms with E-state index in [2.05, 4.69) is 16.9 Å². The molecular weight excluding hydrogens is 452 g/mol. The summed E-state index contributed by atoms with van der Waals surface area (Å²) >= 11 is 5.61. The molecule has 0 unspecified atom stereocenters. The molecule has 1 fully saturated rings. The Morgan fingerprint density at radius 3 is 2.70 bits per heavy atom. The molecule has 0 spiro atoms. The van der Waals surface area contributed by atoms with Crippen LogP contribution in [0.2, 0.25) is 0 Å². The Labute approximate surface area is 204 Å². The summed E-state index contributed by atoms with van der Waals surface area (Å²) in [6.45, 7) is 11.0. The summed E-state index contributed by atoms with van der Waals surface area (Å²) in [4.78, 5) is 6.48. The van der Waals surface area contributed by atoms with E-state index in [1.54, 1.807) is 6.20 Å². The molecule has 0 radical (unpaired) electrons. The third-order valence-corrected chi connectivity index (χ3v) is 7.85. The Morgan fingerprint density at radius 1 is 1.33 bits per heavy atom. The van der Waals surface area contributed by atoms with Gasteiger partial charge in [-0.25, -0.2) is 13.4 Å². The summed E-state index contributed by atoms with van der Waals surface area (Å²) in [5.74, 6) is -0.0540. The smallest absolute Gasteiger partial charge is 0.228 e. The molecule has 8 heteroatoms. The topological polar surface area (TPSA) is 67.2 Å². The highest BCUT2D eigenvalue weighted by molar-refractivity contribution is 7.90. The lowest BCUT2D eigenvalue weighted by Crippen LogP contribution is -2.42. The fourth-order valence-corrected chi connectivity index (χ4v) is 6.35. The van der Waals surface area contributed by atoms with Crippen molar-refractivity contribution >= 4 is 27.2 Å². The Kier molecular flexibility index (Phi) is 8.70. The van der Waals surface area contributed by atoms with E-state index in [0.29, 0.717) is 18.2 Å². The average Bonchev–Trinajstić information content (AvgIpc) is 3.18. The minimum Gasteiger partial charge on any atom is -0.360 e. The lowest BCUT2D eigenvalue weighted by atomic mass is 9.95. The van der Waals surface area contributed by atoms with Gasteiger partial charge in [0.1, 0.15) is 0 Å². The second-order valence-electron chi connectivity index (χ2n) is 9.22. The number of nitrogens with one attached hydrogen (secondary N) is 1. The predicted molar refractivity (Wildman–Crippen MR) is 138 cm³/mol. The quantitative estimate of drug-likeness (QED) is 0.398. The summed E-state index contributed by atoms with van der Waals surface area (Å²) < 4.78 is 29.0. The number of thiocarbonyl (C=S) groups is 1. The number of sulfone groups is 1. The molecule has 0 amide bonds. The van der Waals surface area contributed by atoms with Crippen LogP contribution in [0.5, 0.6) is 0 Å². The number of nitrogens with zero attached hydrogens (tertiary/aromatic N) is 3. The molecule has 0 atom stereocenters. The summed E-state index contributed by atoms with van der Waals surface area (Å²) in [6, 6.07) is 8.00. The maximum absolute atomic E-state index is 13.5. The predicted octanol–water partition coefficient (Wildman–Crippen LogP) is 4.94. The van der Waals surface area contributed by atoms with Gasteiger partial charge in [-0.05, 0) is 51.4 Å². The normalized spacial score (nSPS) is 14.9. The SMILES string of the molecule is C=CCN(Cc1cnc(S(=O)(=O)Cc2cccc(C)c2)n1C1CCCCC1)C(=S)NC(C)C. The maximum atomic E-state index is 13.5. The van der Waals surface area contributed by atoms with Crippen molar-refractivity contribution in [2.75, 3.05) is 6.54 Å². The van der Waals surface area contributed by atoms with E-state index in [1.165, 1.54) is 6.42 Å². The molecule has 0 aliphatic heterocycles. The van der Waals surface area contributed by atoms with E-state index in [1.807, 2.05) is 60.6 Å². The van der Waals surface area contributed by atoms with Crippen LogP contribution in [0.3, 0.4) is 0 Å². The minimum absolute atomic E-state index is 0.0540. The Bertz CT molecular complexity index is 1070. The molecule has 3 rings (SSSR count). The summed E-state index contributed by atoms with van der Waals surface area (Å²) in [6.07, 6.45) is 8.85. The molecule has 6 nitrogen and oxygen atoms in total. The van der Waals surface area contributed by atoms with Gasteiger partial charge in [-0.3, -0.25) is 0 Å². The van der Waals surface area contributed by atoms with Crippen molar-refractivity contribution in [1.29, 1.82) is 0 Å². The lowest BCUT2D eigenvalue weighted by molar-refractivity contribution is 0.315. The first-order valence-corrected chi connectivity index (χ1v) is 13.8.